The quantitative estimate of drug-likeness (QED) is 0.758. The van der Waals surface area contributed by atoms with Crippen molar-refractivity contribution in [3.05, 3.63) is 46.4 Å². The first-order chi connectivity index (χ1) is 11.1. The number of carbonyl (C=O) groups is 1. The van der Waals surface area contributed by atoms with E-state index in [0.29, 0.717) is 18.0 Å². The van der Waals surface area contributed by atoms with E-state index < -0.39 is 0 Å². The van der Waals surface area contributed by atoms with Crippen LogP contribution in [0.25, 0.3) is 16.9 Å². The Hall–Kier alpha value is -2.14. The van der Waals surface area contributed by atoms with E-state index in [1.54, 1.807) is 11.3 Å². The average Bonchev–Trinajstić information content (AvgIpc) is 3.17. The molecule has 3 aromatic rings. The van der Waals surface area contributed by atoms with Gasteiger partial charge in [-0.2, -0.15) is 0 Å². The third-order valence-electron chi connectivity index (χ3n) is 3.73. The maximum atomic E-state index is 12.4. The molecule has 4 nitrogen and oxygen atoms in total. The van der Waals surface area contributed by atoms with Crippen molar-refractivity contribution >= 4 is 22.8 Å². The highest BCUT2D eigenvalue weighted by molar-refractivity contribution is 7.10. The Labute approximate surface area is 140 Å². The van der Waals surface area contributed by atoms with Crippen LogP contribution in [0.4, 0.5) is 0 Å². The summed E-state index contributed by atoms with van der Waals surface area (Å²) in [5.41, 5.74) is 3.50. The minimum Gasteiger partial charge on any atom is -0.352 e. The van der Waals surface area contributed by atoms with Crippen molar-refractivity contribution in [2.45, 2.75) is 33.1 Å². The van der Waals surface area contributed by atoms with Gasteiger partial charge >= 0.3 is 0 Å². The van der Waals surface area contributed by atoms with Gasteiger partial charge in [-0.25, -0.2) is 4.98 Å². The maximum absolute atomic E-state index is 12.4. The number of thiazole rings is 1. The fourth-order valence-electron chi connectivity index (χ4n) is 2.54. The molecular weight excluding hydrogens is 306 g/mol. The van der Waals surface area contributed by atoms with Gasteiger partial charge in [0.05, 0.1) is 27.5 Å². The van der Waals surface area contributed by atoms with Crippen LogP contribution in [0, 0.1) is 0 Å². The lowest BCUT2D eigenvalue weighted by Gasteiger charge is -2.02. The van der Waals surface area contributed by atoms with Gasteiger partial charge in [0.15, 0.2) is 0 Å². The number of carbonyl (C=O) groups excluding carboxylic acids is 1. The van der Waals surface area contributed by atoms with Crippen molar-refractivity contribution in [2.75, 3.05) is 6.54 Å². The van der Waals surface area contributed by atoms with Crippen LogP contribution >= 0.6 is 11.3 Å². The van der Waals surface area contributed by atoms with Crippen LogP contribution in [-0.2, 0) is 0 Å². The van der Waals surface area contributed by atoms with E-state index in [9.17, 15) is 4.79 Å². The smallest absolute Gasteiger partial charge is 0.253 e. The van der Waals surface area contributed by atoms with Crippen LogP contribution in [0.2, 0.25) is 0 Å². The third-order valence-corrected chi connectivity index (χ3v) is 4.88. The van der Waals surface area contributed by atoms with Gasteiger partial charge in [0.1, 0.15) is 0 Å². The van der Waals surface area contributed by atoms with Crippen molar-refractivity contribution in [3.63, 3.8) is 0 Å². The molecule has 0 radical (unpaired) electrons. The summed E-state index contributed by atoms with van der Waals surface area (Å²) in [7, 11) is 0. The number of pyridine rings is 1. The monoisotopic (exact) mass is 327 g/mol. The largest absolute Gasteiger partial charge is 0.352 e. The minimum absolute atomic E-state index is 0.0267. The molecule has 0 aromatic carbocycles. The topological polar surface area (TPSA) is 46.4 Å². The lowest BCUT2D eigenvalue weighted by molar-refractivity contribution is 0.0955. The molecular formula is C18H21N3OS. The van der Waals surface area contributed by atoms with Gasteiger partial charge in [-0.3, -0.25) is 4.79 Å². The Morgan fingerprint density at radius 1 is 1.39 bits per heavy atom. The molecule has 23 heavy (non-hydrogen) atoms. The molecule has 3 aromatic heterocycles. The lowest BCUT2D eigenvalue weighted by Crippen LogP contribution is -2.23. The average molecular weight is 327 g/mol. The van der Waals surface area contributed by atoms with E-state index in [1.807, 2.05) is 41.8 Å². The fourth-order valence-corrected chi connectivity index (χ4v) is 3.37. The van der Waals surface area contributed by atoms with E-state index >= 15 is 0 Å². The van der Waals surface area contributed by atoms with Crippen LogP contribution in [0.5, 0.6) is 0 Å². The number of nitrogens with zero attached hydrogens (tertiary/aromatic N) is 2. The minimum atomic E-state index is -0.0267. The van der Waals surface area contributed by atoms with Gasteiger partial charge in [0.2, 0.25) is 0 Å². The number of hydrogen-bond donors (Lipinski definition) is 1. The molecule has 0 aliphatic rings. The summed E-state index contributed by atoms with van der Waals surface area (Å²) < 4.78 is 2.04. The molecule has 0 unspecified atom stereocenters. The summed E-state index contributed by atoms with van der Waals surface area (Å²) in [6.07, 6.45) is 2.91. The zero-order valence-electron chi connectivity index (χ0n) is 13.7. The SMILES string of the molecule is CCCNC(=O)c1cc(-c2csc(C(C)C)n2)n2ccccc12. The van der Waals surface area contributed by atoms with Crippen molar-refractivity contribution < 1.29 is 4.79 Å². The summed E-state index contributed by atoms with van der Waals surface area (Å²) in [5, 5.41) is 6.14. The molecule has 3 heterocycles. The Bertz CT molecular complexity index is 832. The summed E-state index contributed by atoms with van der Waals surface area (Å²) >= 11 is 1.67. The first-order valence-electron chi connectivity index (χ1n) is 7.96. The first-order valence-corrected chi connectivity index (χ1v) is 8.83. The molecule has 1 amide bonds. The third kappa shape index (κ3) is 3.01. The molecule has 1 N–H and O–H groups in total. The Kier molecular flexibility index (Phi) is 4.48. The Balaban J connectivity index is 2.08. The second-order valence-electron chi connectivity index (χ2n) is 5.88. The van der Waals surface area contributed by atoms with Crippen LogP contribution in [-0.4, -0.2) is 21.8 Å². The van der Waals surface area contributed by atoms with Gasteiger partial charge < -0.3 is 9.72 Å². The van der Waals surface area contributed by atoms with Crippen LogP contribution in [0.3, 0.4) is 0 Å². The summed E-state index contributed by atoms with van der Waals surface area (Å²) in [6.45, 7) is 7.02. The van der Waals surface area contributed by atoms with Crippen LogP contribution < -0.4 is 5.32 Å². The van der Waals surface area contributed by atoms with E-state index in [0.717, 1.165) is 28.3 Å². The van der Waals surface area contributed by atoms with Crippen LogP contribution in [0.15, 0.2) is 35.8 Å². The molecule has 0 atom stereocenters. The molecule has 120 valence electrons. The molecule has 3 rings (SSSR count). The summed E-state index contributed by atoms with van der Waals surface area (Å²) in [5.74, 6) is 0.383. The zero-order chi connectivity index (χ0) is 16.4. The predicted octanol–water partition coefficient (Wildman–Crippen LogP) is 4.33. The molecule has 0 saturated heterocycles. The van der Waals surface area contributed by atoms with Gasteiger partial charge in [-0.15, -0.1) is 11.3 Å². The van der Waals surface area contributed by atoms with Crippen LogP contribution in [0.1, 0.15) is 48.5 Å². The number of fused-ring (bicyclic) bond motifs is 1. The number of nitrogens with one attached hydrogen (secondary N) is 1. The van der Waals surface area contributed by atoms with E-state index in [4.69, 9.17) is 4.98 Å². The number of rotatable bonds is 5. The van der Waals surface area contributed by atoms with Crippen molar-refractivity contribution in [2.24, 2.45) is 0 Å². The van der Waals surface area contributed by atoms with Gasteiger partial charge in [0.25, 0.3) is 5.91 Å². The van der Waals surface area contributed by atoms with Gasteiger partial charge in [-0.1, -0.05) is 26.8 Å². The zero-order valence-corrected chi connectivity index (χ0v) is 14.5. The predicted molar refractivity (Wildman–Crippen MR) is 95.2 cm³/mol. The highest BCUT2D eigenvalue weighted by Crippen LogP contribution is 2.29. The van der Waals surface area contributed by atoms with E-state index in [2.05, 4.69) is 24.5 Å². The van der Waals surface area contributed by atoms with Crippen molar-refractivity contribution in [3.8, 4) is 11.4 Å². The Morgan fingerprint density at radius 3 is 2.91 bits per heavy atom. The molecule has 0 aliphatic carbocycles. The number of aromatic nitrogens is 2. The molecule has 0 spiro atoms. The molecule has 5 heteroatoms. The number of hydrogen-bond acceptors (Lipinski definition) is 3. The maximum Gasteiger partial charge on any atom is 0.253 e. The van der Waals surface area contributed by atoms with E-state index in [-0.39, 0.29) is 5.91 Å². The Morgan fingerprint density at radius 2 is 2.22 bits per heavy atom. The second kappa shape index (κ2) is 6.54. The molecule has 0 aliphatic heterocycles. The highest BCUT2D eigenvalue weighted by Gasteiger charge is 2.17. The second-order valence-corrected chi connectivity index (χ2v) is 6.77. The molecule has 0 fully saturated rings. The van der Waals surface area contributed by atoms with Gasteiger partial charge in [0, 0.05) is 24.0 Å². The van der Waals surface area contributed by atoms with Crippen molar-refractivity contribution in [1.29, 1.82) is 0 Å². The molecule has 0 saturated carbocycles. The lowest BCUT2D eigenvalue weighted by atomic mass is 10.2. The molecule has 0 bridgehead atoms. The normalized spacial score (nSPS) is 11.3. The number of amides is 1. The first kappa shape index (κ1) is 15.7. The summed E-state index contributed by atoms with van der Waals surface area (Å²) in [6, 6.07) is 7.84. The van der Waals surface area contributed by atoms with Crippen molar-refractivity contribution in [1.82, 2.24) is 14.7 Å². The fraction of sp³-hybridized carbons (Fsp3) is 0.333. The standard InChI is InChI=1S/C18H21N3OS/c1-4-8-19-17(22)13-10-16(21-9-6-5-7-15(13)21)14-11-23-18(20-14)12(2)3/h5-7,9-12H,4,8H2,1-3H3,(H,19,22). The van der Waals surface area contributed by atoms with E-state index in [1.165, 1.54) is 0 Å². The highest BCUT2D eigenvalue weighted by atomic mass is 32.1. The van der Waals surface area contributed by atoms with Gasteiger partial charge in [-0.05, 0) is 24.6 Å². The summed E-state index contributed by atoms with van der Waals surface area (Å²) in [4.78, 5) is 17.2.